The van der Waals surface area contributed by atoms with Crippen molar-refractivity contribution in [2.24, 2.45) is 0 Å². The smallest absolute Gasteiger partial charge is 0.424 e. The molecule has 2 fully saturated rings. The van der Waals surface area contributed by atoms with Gasteiger partial charge in [0.1, 0.15) is 31.0 Å². The molecule has 13 nitrogen and oxygen atoms in total. The number of amides is 1. The minimum atomic E-state index is -1.62. The number of aliphatic hydroxyl groups is 5. The summed E-state index contributed by atoms with van der Waals surface area (Å²) in [4.78, 5) is 13.3. The predicted molar refractivity (Wildman–Crippen MR) is 294 cm³/mol. The van der Waals surface area contributed by atoms with Gasteiger partial charge in [-0.05, 0) is 25.8 Å². The highest BCUT2D eigenvalue weighted by Crippen LogP contribution is 2.25. The van der Waals surface area contributed by atoms with Crippen LogP contribution in [0.4, 0.5) is 4.79 Å². The van der Waals surface area contributed by atoms with Gasteiger partial charge < -0.3 is 49.8 Å². The van der Waals surface area contributed by atoms with Gasteiger partial charge in [-0.3, -0.25) is 0 Å². The molecule has 428 valence electrons. The molecule has 0 aromatic heterocycles. The number of carbonyl (C=O) groups is 1. The molecule has 0 saturated carbocycles. The van der Waals surface area contributed by atoms with Gasteiger partial charge in [0.15, 0.2) is 6.29 Å². The maximum absolute atomic E-state index is 13.3. The molecule has 0 radical (unpaired) electrons. The van der Waals surface area contributed by atoms with E-state index in [0.29, 0.717) is 45.8 Å². The molecule has 2 saturated heterocycles. The molecule has 0 aromatic rings. The van der Waals surface area contributed by atoms with Gasteiger partial charge in [-0.25, -0.2) is 14.8 Å². The van der Waals surface area contributed by atoms with Gasteiger partial charge in [0.05, 0.1) is 38.1 Å². The molecule has 2 rings (SSSR count). The lowest BCUT2D eigenvalue weighted by molar-refractivity contribution is -0.303. The quantitative estimate of drug-likeness (QED) is 0.0319. The fourth-order valence-corrected chi connectivity index (χ4v) is 10.4. The Morgan fingerprint density at radius 2 is 0.958 bits per heavy atom. The number of morpholine rings is 1. The third-order valence-corrected chi connectivity index (χ3v) is 15.3. The summed E-state index contributed by atoms with van der Waals surface area (Å²) < 4.78 is 23.1. The second kappa shape index (κ2) is 47.1. The number of nitrogens with zero attached hydrogens (tertiary/aromatic N) is 2. The summed E-state index contributed by atoms with van der Waals surface area (Å²) in [6.07, 6.45) is 39.0. The lowest BCUT2D eigenvalue weighted by Gasteiger charge is -2.41. The minimum absolute atomic E-state index is 0.116. The monoisotopic (exact) mass is 1030 g/mol. The first-order chi connectivity index (χ1) is 35.2. The Kier molecular flexibility index (Phi) is 43.8. The van der Waals surface area contributed by atoms with Crippen LogP contribution in [0.3, 0.4) is 0 Å². The Balaban J connectivity index is 1.73. The van der Waals surface area contributed by atoms with Crippen molar-refractivity contribution in [3.05, 3.63) is 0 Å². The van der Waals surface area contributed by atoms with Crippen LogP contribution >= 0.6 is 0 Å². The summed E-state index contributed by atoms with van der Waals surface area (Å²) in [5.41, 5.74) is 0. The van der Waals surface area contributed by atoms with E-state index in [4.69, 9.17) is 18.9 Å². The Morgan fingerprint density at radius 1 is 0.556 bits per heavy atom. The molecule has 0 aliphatic carbocycles. The van der Waals surface area contributed by atoms with Gasteiger partial charge in [0.25, 0.3) is 0 Å². The summed E-state index contributed by atoms with van der Waals surface area (Å²) in [7, 11) is 0. The summed E-state index contributed by atoms with van der Waals surface area (Å²) in [6, 6.07) is -0.668. The molecule has 8 atom stereocenters. The van der Waals surface area contributed by atoms with Gasteiger partial charge in [-0.1, -0.05) is 252 Å². The Hall–Kier alpha value is -1.13. The average molecular weight is 1030 g/mol. The third-order valence-electron chi connectivity index (χ3n) is 15.3. The van der Waals surface area contributed by atoms with Crippen LogP contribution in [0, 0.1) is 0 Å². The molecular weight excluding hydrogens is 911 g/mol. The highest BCUT2D eigenvalue weighted by atomic mass is 16.7. The Labute approximate surface area is 442 Å². The molecule has 2 aliphatic rings. The van der Waals surface area contributed by atoms with E-state index in [1.807, 2.05) is 11.9 Å². The number of hydrazine groups is 1. The van der Waals surface area contributed by atoms with Crippen LogP contribution in [0.1, 0.15) is 271 Å². The highest BCUT2D eigenvalue weighted by molar-refractivity contribution is 5.67. The van der Waals surface area contributed by atoms with E-state index < -0.39 is 55.0 Å². The van der Waals surface area contributed by atoms with Crippen LogP contribution in [-0.4, -0.2) is 143 Å². The van der Waals surface area contributed by atoms with E-state index in [1.54, 1.807) is 5.01 Å². The van der Waals surface area contributed by atoms with Crippen molar-refractivity contribution in [2.45, 2.75) is 320 Å². The van der Waals surface area contributed by atoms with Gasteiger partial charge in [-0.15, -0.1) is 0 Å². The van der Waals surface area contributed by atoms with Crippen LogP contribution in [0.25, 0.3) is 0 Å². The molecule has 72 heavy (non-hydrogen) atoms. The van der Waals surface area contributed by atoms with Crippen molar-refractivity contribution in [2.75, 3.05) is 52.6 Å². The van der Waals surface area contributed by atoms with Gasteiger partial charge in [-0.2, -0.15) is 0 Å². The third kappa shape index (κ3) is 33.1. The zero-order valence-electron chi connectivity index (χ0n) is 47.0. The lowest BCUT2D eigenvalue weighted by Crippen LogP contribution is -2.60. The van der Waals surface area contributed by atoms with Crippen LogP contribution in [0.15, 0.2) is 0 Å². The minimum Gasteiger partial charge on any atom is -0.446 e. The summed E-state index contributed by atoms with van der Waals surface area (Å²) >= 11 is 0. The molecule has 2 heterocycles. The van der Waals surface area contributed by atoms with E-state index >= 15 is 0 Å². The van der Waals surface area contributed by atoms with E-state index in [-0.39, 0.29) is 13.2 Å². The second-order valence-electron chi connectivity index (χ2n) is 21.9. The van der Waals surface area contributed by atoms with Crippen LogP contribution in [0.5, 0.6) is 0 Å². The number of aliphatic hydroxyl groups excluding tert-OH is 5. The number of hydrogen-bond donors (Lipinski definition) is 6. The number of rotatable bonds is 50. The zero-order valence-corrected chi connectivity index (χ0v) is 47.0. The van der Waals surface area contributed by atoms with Crippen molar-refractivity contribution in [3.63, 3.8) is 0 Å². The molecule has 13 heteroatoms. The highest BCUT2D eigenvalue weighted by Gasteiger charge is 2.45. The molecule has 0 bridgehead atoms. The normalized spacial score (nSPS) is 21.0. The van der Waals surface area contributed by atoms with Crippen LogP contribution in [0.2, 0.25) is 0 Å². The summed E-state index contributed by atoms with van der Waals surface area (Å²) in [5.74, 6) is 0. The van der Waals surface area contributed by atoms with Crippen molar-refractivity contribution in [3.8, 4) is 0 Å². The first-order valence-corrected chi connectivity index (χ1v) is 30.9. The molecule has 2 aliphatic heterocycles. The van der Waals surface area contributed by atoms with E-state index in [1.165, 1.54) is 193 Å². The molecule has 0 aromatic carbocycles. The van der Waals surface area contributed by atoms with Crippen molar-refractivity contribution in [1.82, 2.24) is 15.3 Å². The maximum atomic E-state index is 13.3. The van der Waals surface area contributed by atoms with Crippen molar-refractivity contribution < 1.29 is 49.3 Å². The number of unbranched alkanes of at least 4 members (excludes halogenated alkanes) is 35. The molecule has 0 spiro atoms. The number of ether oxygens (including phenoxy) is 4. The van der Waals surface area contributed by atoms with Crippen LogP contribution in [-0.2, 0) is 18.9 Å². The number of carbonyl (C=O) groups excluding carboxylic acids is 1. The lowest BCUT2D eigenvalue weighted by atomic mass is 9.98. The zero-order chi connectivity index (χ0) is 52.1. The summed E-state index contributed by atoms with van der Waals surface area (Å²) in [5, 5.41) is 62.2. The topological polar surface area (TPSA) is 174 Å². The number of hydrogen-bond acceptors (Lipinski definition) is 12. The number of nitrogens with one attached hydrogen (secondary N) is 1. The molecule has 6 N–H and O–H groups in total. The summed E-state index contributed by atoms with van der Waals surface area (Å²) in [6.45, 7) is 9.32. The molecular formula is C59H117N3O10. The SMILES string of the molecule is CCCCCCCCCCCCCCCCCCCCCCCCCCN[C@@H](CO[C@H]1O[C@H](COC(=O)N(CCCC)N2CCOCC2)[C@H](O)[C@H](O)[C@H]1O)[C@H](O)[C@H](O)CCCCCCCCCCCCCC. The average Bonchev–Trinajstić information content (AvgIpc) is 3.39. The van der Waals surface area contributed by atoms with Gasteiger partial charge in [0.2, 0.25) is 0 Å². The maximum Gasteiger partial charge on any atom is 0.424 e. The van der Waals surface area contributed by atoms with E-state index in [9.17, 15) is 30.3 Å². The Bertz CT molecular complexity index is 1190. The van der Waals surface area contributed by atoms with Gasteiger partial charge >= 0.3 is 6.09 Å². The molecule has 1 amide bonds. The van der Waals surface area contributed by atoms with Crippen molar-refractivity contribution in [1.29, 1.82) is 0 Å². The Morgan fingerprint density at radius 3 is 1.39 bits per heavy atom. The fourth-order valence-electron chi connectivity index (χ4n) is 10.4. The van der Waals surface area contributed by atoms with Crippen molar-refractivity contribution >= 4 is 6.09 Å². The molecule has 0 unspecified atom stereocenters. The second-order valence-corrected chi connectivity index (χ2v) is 21.9. The standard InChI is InChI=1S/C59H117N3O10/c1-4-7-10-12-14-16-18-20-21-22-23-24-25-26-27-28-29-30-31-33-35-37-39-41-43-60-51(54(64)52(63)42-40-38-36-34-32-19-17-15-13-11-8-5-2)49-70-58-57(67)56(66)55(65)53(72-58)50-71-59(68)62(44-9-6-3)61-45-47-69-48-46-61/h51-58,60,63-67H,4-50H2,1-3H3/t51-,52+,53+,54-,55-,56-,57+,58-/m0/s1. The fraction of sp³-hybridized carbons (Fsp3) is 0.983. The van der Waals surface area contributed by atoms with E-state index in [0.717, 1.165) is 51.4 Å². The first kappa shape index (κ1) is 67.0. The van der Waals surface area contributed by atoms with Gasteiger partial charge in [0, 0.05) is 19.6 Å². The first-order valence-electron chi connectivity index (χ1n) is 30.9. The van der Waals surface area contributed by atoms with E-state index in [2.05, 4.69) is 19.2 Å². The largest absolute Gasteiger partial charge is 0.446 e. The predicted octanol–water partition coefficient (Wildman–Crippen LogP) is 12.4. The van der Waals surface area contributed by atoms with Crippen LogP contribution < -0.4 is 5.32 Å².